The van der Waals surface area contributed by atoms with E-state index in [1.807, 2.05) is 30.3 Å². The van der Waals surface area contributed by atoms with Gasteiger partial charge in [-0.3, -0.25) is 0 Å². The van der Waals surface area contributed by atoms with Crippen molar-refractivity contribution >= 4 is 34.7 Å². The van der Waals surface area contributed by atoms with Crippen LogP contribution >= 0.6 is 11.6 Å². The fourth-order valence-electron chi connectivity index (χ4n) is 2.46. The molecule has 3 rings (SSSR count). The molecule has 19 heavy (non-hydrogen) atoms. The minimum Gasteiger partial charge on any atom is -0.399 e. The Morgan fingerprint density at radius 2 is 1.89 bits per heavy atom. The largest absolute Gasteiger partial charge is 0.399 e. The lowest BCUT2D eigenvalue weighted by Crippen LogP contribution is -2.29. The second-order valence-corrected chi connectivity index (χ2v) is 5.15. The lowest BCUT2D eigenvalue weighted by Gasteiger charge is -2.34. The van der Waals surface area contributed by atoms with Crippen molar-refractivity contribution in [2.45, 2.75) is 13.0 Å². The quantitative estimate of drug-likeness (QED) is 0.775. The molecule has 3 heteroatoms. The molecule has 0 aliphatic carbocycles. The summed E-state index contributed by atoms with van der Waals surface area (Å²) < 4.78 is 0. The van der Waals surface area contributed by atoms with Gasteiger partial charge in [0, 0.05) is 17.4 Å². The van der Waals surface area contributed by atoms with Crippen molar-refractivity contribution in [2.75, 3.05) is 10.6 Å². The molecule has 2 N–H and O–H groups in total. The Labute approximate surface area is 118 Å². The number of para-hydroxylation sites is 1. The molecule has 0 fully saturated rings. The predicted octanol–water partition coefficient (Wildman–Crippen LogP) is 4.48. The van der Waals surface area contributed by atoms with Crippen LogP contribution in [0.25, 0.3) is 6.08 Å². The van der Waals surface area contributed by atoms with E-state index in [0.717, 1.165) is 17.1 Å². The number of nitrogen functional groups attached to an aromatic ring is 1. The number of hydrogen-bond donors (Lipinski definition) is 1. The fourth-order valence-corrected chi connectivity index (χ4v) is 2.67. The highest BCUT2D eigenvalue weighted by Gasteiger charge is 2.22. The lowest BCUT2D eigenvalue weighted by atomic mass is 10.0. The first-order valence-corrected chi connectivity index (χ1v) is 6.66. The first-order chi connectivity index (χ1) is 9.16. The van der Waals surface area contributed by atoms with Crippen LogP contribution in [0.3, 0.4) is 0 Å². The molecular weight excluding hydrogens is 256 g/mol. The van der Waals surface area contributed by atoms with E-state index in [0.29, 0.717) is 5.02 Å². The van der Waals surface area contributed by atoms with Crippen molar-refractivity contribution in [1.29, 1.82) is 0 Å². The molecule has 2 aromatic rings. The molecular formula is C16H15ClN2. The fraction of sp³-hybridized carbons (Fsp3) is 0.125. The highest BCUT2D eigenvalue weighted by atomic mass is 35.5. The predicted molar refractivity (Wildman–Crippen MR) is 82.9 cm³/mol. The molecule has 0 spiro atoms. The highest BCUT2D eigenvalue weighted by molar-refractivity contribution is 6.33. The number of nitrogens with zero attached hydrogens (tertiary/aromatic N) is 1. The van der Waals surface area contributed by atoms with Gasteiger partial charge < -0.3 is 10.6 Å². The van der Waals surface area contributed by atoms with Gasteiger partial charge >= 0.3 is 0 Å². The monoisotopic (exact) mass is 270 g/mol. The summed E-state index contributed by atoms with van der Waals surface area (Å²) in [7, 11) is 0. The Balaban J connectivity index is 2.18. The van der Waals surface area contributed by atoms with Crippen LogP contribution in [0.1, 0.15) is 12.5 Å². The number of benzene rings is 2. The molecule has 0 radical (unpaired) electrons. The first-order valence-electron chi connectivity index (χ1n) is 6.28. The minimum absolute atomic E-state index is 0.245. The maximum atomic E-state index is 6.34. The summed E-state index contributed by atoms with van der Waals surface area (Å²) in [6, 6.07) is 14.1. The molecule has 1 atom stereocenters. The van der Waals surface area contributed by atoms with Crippen molar-refractivity contribution in [3.63, 3.8) is 0 Å². The maximum Gasteiger partial charge on any atom is 0.0644 e. The third kappa shape index (κ3) is 2.08. The van der Waals surface area contributed by atoms with Crippen molar-refractivity contribution < 1.29 is 0 Å². The number of halogens is 1. The topological polar surface area (TPSA) is 29.3 Å². The van der Waals surface area contributed by atoms with Crippen molar-refractivity contribution in [1.82, 2.24) is 0 Å². The number of hydrogen-bond acceptors (Lipinski definition) is 2. The normalized spacial score (nSPS) is 17.4. The number of rotatable bonds is 1. The van der Waals surface area contributed by atoms with E-state index in [2.05, 4.69) is 36.1 Å². The highest BCUT2D eigenvalue weighted by Crippen LogP contribution is 2.39. The minimum atomic E-state index is 0.245. The SMILES string of the molecule is CC1C=Cc2ccccc2N1c1cc(N)ccc1Cl. The van der Waals surface area contributed by atoms with Crippen LogP contribution in [0.5, 0.6) is 0 Å². The van der Waals surface area contributed by atoms with Crippen LogP contribution in [-0.4, -0.2) is 6.04 Å². The van der Waals surface area contributed by atoms with Gasteiger partial charge in [0.05, 0.1) is 10.7 Å². The average Bonchev–Trinajstić information content (AvgIpc) is 2.42. The zero-order chi connectivity index (χ0) is 13.4. The molecule has 2 aromatic carbocycles. The van der Waals surface area contributed by atoms with Gasteiger partial charge in [0.25, 0.3) is 0 Å². The number of fused-ring (bicyclic) bond motifs is 1. The van der Waals surface area contributed by atoms with Gasteiger partial charge in [-0.05, 0) is 36.8 Å². The summed E-state index contributed by atoms with van der Waals surface area (Å²) in [4.78, 5) is 2.22. The summed E-state index contributed by atoms with van der Waals surface area (Å²) in [6.07, 6.45) is 4.32. The van der Waals surface area contributed by atoms with Gasteiger partial charge in [-0.25, -0.2) is 0 Å². The van der Waals surface area contributed by atoms with E-state index >= 15 is 0 Å². The van der Waals surface area contributed by atoms with Crippen LogP contribution in [0.15, 0.2) is 48.5 Å². The van der Waals surface area contributed by atoms with Crippen molar-refractivity contribution in [3.8, 4) is 0 Å². The van der Waals surface area contributed by atoms with Gasteiger partial charge in [-0.1, -0.05) is 42.0 Å². The van der Waals surface area contributed by atoms with Gasteiger partial charge in [0.1, 0.15) is 0 Å². The van der Waals surface area contributed by atoms with Gasteiger partial charge in [0.2, 0.25) is 0 Å². The molecule has 0 saturated heterocycles. The van der Waals surface area contributed by atoms with E-state index in [9.17, 15) is 0 Å². The molecule has 2 nitrogen and oxygen atoms in total. The first kappa shape index (κ1) is 12.1. The third-order valence-electron chi connectivity index (χ3n) is 3.39. The second kappa shape index (κ2) is 4.63. The molecule has 1 heterocycles. The molecule has 0 amide bonds. The van der Waals surface area contributed by atoms with Crippen LogP contribution in [0.2, 0.25) is 5.02 Å². The Morgan fingerprint density at radius 3 is 2.74 bits per heavy atom. The van der Waals surface area contributed by atoms with E-state index in [1.165, 1.54) is 5.56 Å². The Bertz CT molecular complexity index is 649. The number of nitrogens with two attached hydrogens (primary N) is 1. The van der Waals surface area contributed by atoms with Gasteiger partial charge in [0.15, 0.2) is 0 Å². The summed E-state index contributed by atoms with van der Waals surface area (Å²) in [5.74, 6) is 0. The zero-order valence-corrected chi connectivity index (χ0v) is 11.4. The molecule has 1 unspecified atom stereocenters. The second-order valence-electron chi connectivity index (χ2n) is 4.74. The maximum absolute atomic E-state index is 6.34. The molecule has 96 valence electrons. The van der Waals surface area contributed by atoms with Gasteiger partial charge in [-0.15, -0.1) is 0 Å². The summed E-state index contributed by atoms with van der Waals surface area (Å²) in [6.45, 7) is 2.14. The van der Waals surface area contributed by atoms with Crippen LogP contribution in [0.4, 0.5) is 17.1 Å². The Morgan fingerprint density at radius 1 is 1.11 bits per heavy atom. The zero-order valence-electron chi connectivity index (χ0n) is 10.7. The number of anilines is 3. The summed E-state index contributed by atoms with van der Waals surface area (Å²) in [5.41, 5.74) is 9.92. The van der Waals surface area contributed by atoms with Gasteiger partial charge in [-0.2, -0.15) is 0 Å². The Kier molecular flexibility index (Phi) is 2.96. The summed E-state index contributed by atoms with van der Waals surface area (Å²) in [5, 5.41) is 0.714. The lowest BCUT2D eigenvalue weighted by molar-refractivity contribution is 0.858. The van der Waals surface area contributed by atoms with E-state index in [-0.39, 0.29) is 6.04 Å². The molecule has 0 bridgehead atoms. The molecule has 0 aromatic heterocycles. The third-order valence-corrected chi connectivity index (χ3v) is 3.71. The van der Waals surface area contributed by atoms with E-state index in [4.69, 9.17) is 17.3 Å². The summed E-state index contributed by atoms with van der Waals surface area (Å²) >= 11 is 6.34. The van der Waals surface area contributed by atoms with E-state index in [1.54, 1.807) is 0 Å². The molecule has 1 aliphatic rings. The van der Waals surface area contributed by atoms with E-state index < -0.39 is 0 Å². The smallest absolute Gasteiger partial charge is 0.0644 e. The van der Waals surface area contributed by atoms with Crippen LogP contribution < -0.4 is 10.6 Å². The molecule has 0 saturated carbocycles. The molecule has 1 aliphatic heterocycles. The van der Waals surface area contributed by atoms with Crippen LogP contribution in [0, 0.1) is 0 Å². The van der Waals surface area contributed by atoms with Crippen molar-refractivity contribution in [3.05, 3.63) is 59.1 Å². The standard InChI is InChI=1S/C16H15ClN2/c1-11-6-7-12-4-2-3-5-15(12)19(11)16-10-13(18)8-9-14(16)17/h2-11H,18H2,1H3. The average molecular weight is 271 g/mol. The van der Waals surface area contributed by atoms with Crippen LogP contribution in [-0.2, 0) is 0 Å². The Hall–Kier alpha value is -1.93. The van der Waals surface area contributed by atoms with Crippen molar-refractivity contribution in [2.24, 2.45) is 0 Å².